The van der Waals surface area contributed by atoms with Gasteiger partial charge < -0.3 is 4.98 Å². The quantitative estimate of drug-likeness (QED) is 0.730. The number of hydrogen-bond donors (Lipinski definition) is 3. The molecule has 0 atom stereocenters. The van der Waals surface area contributed by atoms with Crippen molar-refractivity contribution in [2.75, 3.05) is 0 Å². The number of hydrazine groups is 1. The van der Waals surface area contributed by atoms with Gasteiger partial charge in [-0.2, -0.15) is 5.26 Å². The summed E-state index contributed by atoms with van der Waals surface area (Å²) in [5, 5.41) is 8.75. The van der Waals surface area contributed by atoms with Gasteiger partial charge in [0.1, 0.15) is 5.69 Å². The van der Waals surface area contributed by atoms with Crippen molar-refractivity contribution >= 4 is 27.7 Å². The largest absolute Gasteiger partial charge is 0.356 e. The summed E-state index contributed by atoms with van der Waals surface area (Å²) in [6.45, 7) is 0. The first kappa shape index (κ1) is 13.8. The molecule has 0 unspecified atom stereocenters. The van der Waals surface area contributed by atoms with Crippen LogP contribution in [-0.2, 0) is 0 Å². The molecule has 3 N–H and O–H groups in total. The van der Waals surface area contributed by atoms with Gasteiger partial charge in [-0.25, -0.2) is 0 Å². The zero-order valence-corrected chi connectivity index (χ0v) is 11.7. The summed E-state index contributed by atoms with van der Waals surface area (Å²) in [7, 11) is 0. The smallest absolute Gasteiger partial charge is 0.286 e. The molecule has 0 radical (unpaired) electrons. The van der Waals surface area contributed by atoms with Gasteiger partial charge in [-0.3, -0.25) is 20.4 Å². The van der Waals surface area contributed by atoms with E-state index < -0.39 is 11.8 Å². The Bertz CT molecular complexity index is 702. The van der Waals surface area contributed by atoms with Crippen LogP contribution in [0.5, 0.6) is 0 Å². The van der Waals surface area contributed by atoms with Crippen LogP contribution >= 0.6 is 15.9 Å². The fraction of sp³-hybridized carbons (Fsp3) is 0. The molecule has 0 spiro atoms. The number of benzene rings is 1. The highest BCUT2D eigenvalue weighted by molar-refractivity contribution is 9.10. The summed E-state index contributed by atoms with van der Waals surface area (Å²) < 4.78 is 0.732. The number of halogens is 1. The molecule has 2 amide bonds. The molecular weight excluding hydrogens is 324 g/mol. The molecule has 7 heteroatoms. The van der Waals surface area contributed by atoms with Crippen LogP contribution in [0.3, 0.4) is 0 Å². The number of nitriles is 1. The van der Waals surface area contributed by atoms with Crippen LogP contribution in [0.25, 0.3) is 0 Å². The lowest BCUT2D eigenvalue weighted by atomic mass is 10.1. The van der Waals surface area contributed by atoms with Gasteiger partial charge in [-0.05, 0) is 40.2 Å². The first-order valence-corrected chi connectivity index (χ1v) is 6.34. The van der Waals surface area contributed by atoms with E-state index in [1.807, 2.05) is 6.07 Å². The number of nitrogens with zero attached hydrogens (tertiary/aromatic N) is 1. The molecule has 100 valence electrons. The van der Waals surface area contributed by atoms with Gasteiger partial charge in [-0.15, -0.1) is 0 Å². The van der Waals surface area contributed by atoms with Crippen molar-refractivity contribution in [3.8, 4) is 6.07 Å². The fourth-order valence-corrected chi connectivity index (χ4v) is 1.83. The molecule has 6 nitrogen and oxygen atoms in total. The maximum absolute atomic E-state index is 11.8. The Kier molecular flexibility index (Phi) is 4.17. The maximum Gasteiger partial charge on any atom is 0.286 e. The van der Waals surface area contributed by atoms with Crippen molar-refractivity contribution in [3.63, 3.8) is 0 Å². The van der Waals surface area contributed by atoms with E-state index in [9.17, 15) is 9.59 Å². The molecule has 20 heavy (non-hydrogen) atoms. The fourth-order valence-electron chi connectivity index (χ4n) is 1.48. The number of carbonyl (C=O) groups excluding carboxylic acids is 2. The minimum absolute atomic E-state index is 0.289. The number of aromatic amines is 1. The molecule has 2 aromatic rings. The van der Waals surface area contributed by atoms with Crippen LogP contribution in [-0.4, -0.2) is 16.8 Å². The molecular formula is C13H9BrN4O2. The molecule has 0 fully saturated rings. The predicted molar refractivity (Wildman–Crippen MR) is 74.6 cm³/mol. The first-order valence-electron chi connectivity index (χ1n) is 5.55. The molecule has 2 rings (SSSR count). The normalized spacial score (nSPS) is 9.60. The molecule has 0 aliphatic carbocycles. The van der Waals surface area contributed by atoms with Crippen molar-refractivity contribution < 1.29 is 9.59 Å². The zero-order valence-electron chi connectivity index (χ0n) is 10.1. The molecule has 0 saturated carbocycles. The molecule has 0 bridgehead atoms. The topological polar surface area (TPSA) is 97.8 Å². The van der Waals surface area contributed by atoms with Crippen molar-refractivity contribution in [1.82, 2.24) is 15.8 Å². The van der Waals surface area contributed by atoms with Crippen LogP contribution in [0.1, 0.15) is 26.4 Å². The number of aromatic nitrogens is 1. The van der Waals surface area contributed by atoms with Crippen molar-refractivity contribution in [2.24, 2.45) is 0 Å². The Hall–Kier alpha value is -2.59. The average molecular weight is 333 g/mol. The van der Waals surface area contributed by atoms with Crippen LogP contribution in [0.15, 0.2) is 41.0 Å². The van der Waals surface area contributed by atoms with Crippen LogP contribution in [0.2, 0.25) is 0 Å². The lowest BCUT2D eigenvalue weighted by Gasteiger charge is -2.06. The summed E-state index contributed by atoms with van der Waals surface area (Å²) >= 11 is 3.20. The number of nitrogens with one attached hydrogen (secondary N) is 3. The Balaban J connectivity index is 1.98. The van der Waals surface area contributed by atoms with Gasteiger partial charge in [-0.1, -0.05) is 6.07 Å². The van der Waals surface area contributed by atoms with E-state index in [1.165, 1.54) is 6.07 Å². The summed E-state index contributed by atoms with van der Waals surface area (Å²) in [6.07, 6.45) is 1.60. The highest BCUT2D eigenvalue weighted by Gasteiger charge is 2.10. The van der Waals surface area contributed by atoms with Crippen molar-refractivity contribution in [1.29, 1.82) is 5.26 Å². The van der Waals surface area contributed by atoms with E-state index >= 15 is 0 Å². The monoisotopic (exact) mass is 332 g/mol. The third-order valence-electron chi connectivity index (χ3n) is 2.44. The molecule has 1 heterocycles. The van der Waals surface area contributed by atoms with Gasteiger partial charge in [0.05, 0.1) is 11.6 Å². The molecule has 0 aliphatic rings. The summed E-state index contributed by atoms with van der Waals surface area (Å²) in [6, 6.07) is 9.69. The first-order chi connectivity index (χ1) is 9.60. The van der Waals surface area contributed by atoms with Crippen molar-refractivity contribution in [3.05, 3.63) is 57.8 Å². The molecule has 0 aliphatic heterocycles. The SMILES string of the molecule is N#Cc1cccc(C(=O)NNC(=O)c2cc(Br)c[nH]2)c1. The molecule has 1 aromatic carbocycles. The van der Waals surface area contributed by atoms with Gasteiger partial charge in [0.15, 0.2) is 0 Å². The predicted octanol–water partition coefficient (Wildman–Crippen LogP) is 1.72. The maximum atomic E-state index is 11.8. The Morgan fingerprint density at radius 2 is 1.95 bits per heavy atom. The van der Waals surface area contributed by atoms with Crippen LogP contribution < -0.4 is 10.9 Å². The number of amides is 2. The number of rotatable bonds is 2. The summed E-state index contributed by atoms with van der Waals surface area (Å²) in [5.41, 5.74) is 5.52. The Morgan fingerprint density at radius 1 is 1.20 bits per heavy atom. The van der Waals surface area contributed by atoms with E-state index in [2.05, 4.69) is 31.8 Å². The number of H-pyrrole nitrogens is 1. The minimum Gasteiger partial charge on any atom is -0.356 e. The second-order valence-electron chi connectivity index (χ2n) is 3.83. The van der Waals surface area contributed by atoms with Gasteiger partial charge >= 0.3 is 0 Å². The highest BCUT2D eigenvalue weighted by Crippen LogP contribution is 2.10. The van der Waals surface area contributed by atoms with Gasteiger partial charge in [0.25, 0.3) is 11.8 Å². The van der Waals surface area contributed by atoms with Crippen molar-refractivity contribution in [2.45, 2.75) is 0 Å². The lowest BCUT2D eigenvalue weighted by molar-refractivity contribution is 0.0844. The Morgan fingerprint density at radius 3 is 2.60 bits per heavy atom. The Labute approximate surface area is 122 Å². The van der Waals surface area contributed by atoms with Crippen LogP contribution in [0, 0.1) is 11.3 Å². The van der Waals surface area contributed by atoms with E-state index in [4.69, 9.17) is 5.26 Å². The minimum atomic E-state index is -0.499. The standard InChI is InChI=1S/C13H9BrN4O2/c14-10-5-11(16-7-10)13(20)18-17-12(19)9-3-1-2-8(4-9)6-15/h1-5,7,16H,(H,17,19)(H,18,20). The number of carbonyl (C=O) groups is 2. The second kappa shape index (κ2) is 6.04. The molecule has 0 saturated heterocycles. The van der Waals surface area contributed by atoms with E-state index in [0.29, 0.717) is 11.3 Å². The zero-order chi connectivity index (χ0) is 14.5. The highest BCUT2D eigenvalue weighted by atomic mass is 79.9. The van der Waals surface area contributed by atoms with Gasteiger partial charge in [0, 0.05) is 16.2 Å². The van der Waals surface area contributed by atoms with Gasteiger partial charge in [0.2, 0.25) is 0 Å². The number of hydrogen-bond acceptors (Lipinski definition) is 3. The summed E-state index contributed by atoms with van der Waals surface area (Å²) in [4.78, 5) is 26.2. The summed E-state index contributed by atoms with van der Waals surface area (Å²) in [5.74, 6) is -0.971. The van der Waals surface area contributed by atoms with E-state index in [1.54, 1.807) is 30.5 Å². The van der Waals surface area contributed by atoms with E-state index in [0.717, 1.165) is 4.47 Å². The molecule has 1 aromatic heterocycles. The second-order valence-corrected chi connectivity index (χ2v) is 4.75. The van der Waals surface area contributed by atoms with Crippen LogP contribution in [0.4, 0.5) is 0 Å². The average Bonchev–Trinajstić information content (AvgIpc) is 2.91. The third-order valence-corrected chi connectivity index (χ3v) is 2.89. The third kappa shape index (κ3) is 3.24. The van der Waals surface area contributed by atoms with E-state index in [-0.39, 0.29) is 5.56 Å². The lowest BCUT2D eigenvalue weighted by Crippen LogP contribution is -2.41.